The van der Waals surface area contributed by atoms with Crippen LogP contribution in [0.15, 0.2) is 36.1 Å². The normalized spacial score (nSPS) is 24.2. The summed E-state index contributed by atoms with van der Waals surface area (Å²) in [6, 6.07) is 0. The first-order valence-electron chi connectivity index (χ1n) is 10.7. The zero-order valence-corrected chi connectivity index (χ0v) is 20.4. The Morgan fingerprint density at radius 1 is 0.900 bits per heavy atom. The molecule has 0 saturated heterocycles. The van der Waals surface area contributed by atoms with Gasteiger partial charge in [0, 0.05) is 27.4 Å². The van der Waals surface area contributed by atoms with Crippen LogP contribution in [0.5, 0.6) is 0 Å². The third-order valence-corrected chi connectivity index (χ3v) is 6.76. The first-order chi connectivity index (χ1) is 13.3. The van der Waals surface area contributed by atoms with E-state index in [2.05, 4.69) is 10.6 Å². The molecule has 0 aromatic carbocycles. The Hall–Kier alpha value is -1.18. The number of hydrogen-bond donors (Lipinski definition) is 6. The predicted octanol–water partition coefficient (Wildman–Crippen LogP) is 3.16. The van der Waals surface area contributed by atoms with E-state index in [1.807, 2.05) is 74.5 Å². The Morgan fingerprint density at radius 2 is 1.43 bits per heavy atom. The highest BCUT2D eigenvalue weighted by Gasteiger charge is 2.51. The molecule has 1 aliphatic rings. The molecule has 4 atom stereocenters. The molecule has 0 aromatic heterocycles. The van der Waals surface area contributed by atoms with Crippen LogP contribution in [0, 0.1) is 10.8 Å². The van der Waals surface area contributed by atoms with E-state index in [9.17, 15) is 20.4 Å². The van der Waals surface area contributed by atoms with Crippen LogP contribution in [0.2, 0.25) is 0 Å². The average molecular weight is 425 g/mol. The monoisotopic (exact) mass is 424 g/mol. The van der Waals surface area contributed by atoms with Crippen molar-refractivity contribution >= 4 is 0 Å². The Kier molecular flexibility index (Phi) is 7.83. The quantitative estimate of drug-likeness (QED) is 0.318. The van der Waals surface area contributed by atoms with Gasteiger partial charge >= 0.3 is 0 Å². The van der Waals surface area contributed by atoms with Crippen LogP contribution in [0.4, 0.5) is 0 Å². The van der Waals surface area contributed by atoms with Crippen LogP contribution in [-0.2, 0) is 0 Å². The molecule has 1 aliphatic carbocycles. The van der Waals surface area contributed by atoms with E-state index in [0.717, 1.165) is 0 Å². The third-order valence-electron chi connectivity index (χ3n) is 6.76. The molecule has 1 rings (SSSR count). The number of nitrogens with one attached hydrogen (secondary N) is 2. The topological polar surface area (TPSA) is 105 Å². The maximum atomic E-state index is 11.4. The Balaban J connectivity index is 3.17. The molecule has 0 aromatic rings. The first kappa shape index (κ1) is 26.9. The molecule has 0 amide bonds. The van der Waals surface area contributed by atoms with E-state index in [1.165, 1.54) is 0 Å². The van der Waals surface area contributed by atoms with E-state index < -0.39 is 45.9 Å². The van der Waals surface area contributed by atoms with E-state index in [0.29, 0.717) is 0 Å². The van der Waals surface area contributed by atoms with Crippen LogP contribution >= 0.6 is 0 Å². The van der Waals surface area contributed by atoms with Gasteiger partial charge in [0.15, 0.2) is 0 Å². The first-order valence-corrected chi connectivity index (χ1v) is 10.7. The van der Waals surface area contributed by atoms with Crippen molar-refractivity contribution in [2.75, 3.05) is 0 Å². The van der Waals surface area contributed by atoms with Gasteiger partial charge in [0.1, 0.15) is 12.0 Å². The van der Waals surface area contributed by atoms with Crippen molar-refractivity contribution in [2.45, 2.75) is 104 Å². The van der Waals surface area contributed by atoms with E-state index in [1.54, 1.807) is 25.2 Å². The lowest BCUT2D eigenvalue weighted by Gasteiger charge is -2.53. The summed E-state index contributed by atoms with van der Waals surface area (Å²) in [4.78, 5) is 0. The summed E-state index contributed by atoms with van der Waals surface area (Å²) in [5, 5.41) is 49.2. The smallest absolute Gasteiger partial charge is 0.112 e. The highest BCUT2D eigenvalue weighted by Crippen LogP contribution is 2.41. The fraction of sp³-hybridized carbons (Fsp3) is 0.750. The summed E-state index contributed by atoms with van der Waals surface area (Å²) >= 11 is 0. The average Bonchev–Trinajstić information content (AvgIpc) is 2.72. The molecule has 0 spiro atoms. The van der Waals surface area contributed by atoms with Gasteiger partial charge in [-0.2, -0.15) is 0 Å². The summed E-state index contributed by atoms with van der Waals surface area (Å²) in [6.45, 7) is 19.0. The molecule has 0 aliphatic heterocycles. The lowest BCUT2D eigenvalue weighted by molar-refractivity contribution is -0.0884. The lowest BCUT2D eigenvalue weighted by atomic mass is 9.64. The highest BCUT2D eigenvalue weighted by atomic mass is 16.3. The molecule has 6 nitrogen and oxygen atoms in total. The SMILES string of the molecule is CC(O)NC(C)(C)C(C)(C)C(O)C(C)(C)NC(C)(C)C(O)C1(C)C=CC=CC(O)=C1. The van der Waals surface area contributed by atoms with Crippen LogP contribution in [-0.4, -0.2) is 55.5 Å². The molecule has 0 heterocycles. The van der Waals surface area contributed by atoms with Crippen molar-refractivity contribution in [1.29, 1.82) is 0 Å². The fourth-order valence-electron chi connectivity index (χ4n) is 4.70. The van der Waals surface area contributed by atoms with Crippen molar-refractivity contribution in [3.8, 4) is 0 Å². The molecule has 0 bridgehead atoms. The molecule has 30 heavy (non-hydrogen) atoms. The zero-order valence-electron chi connectivity index (χ0n) is 20.4. The second-order valence-corrected chi connectivity index (χ2v) is 11.2. The molecular weight excluding hydrogens is 380 g/mol. The summed E-state index contributed by atoms with van der Waals surface area (Å²) in [6.07, 6.45) is 6.22. The minimum Gasteiger partial charge on any atom is -0.508 e. The highest BCUT2D eigenvalue weighted by molar-refractivity contribution is 5.30. The van der Waals surface area contributed by atoms with Crippen LogP contribution < -0.4 is 10.6 Å². The standard InChI is InChI=1S/C24H44N2O4/c1-16(27)25-23(8,9)20(2,3)18(29)21(4,5)26-22(6,7)19(30)24(10)14-12-11-13-17(28)15-24/h11-16,18-19,25-30H,1-10H3. The van der Waals surface area contributed by atoms with Gasteiger partial charge in [-0.05, 0) is 67.5 Å². The number of aliphatic hydroxyl groups is 4. The minimum absolute atomic E-state index is 0.101. The number of hydrogen-bond acceptors (Lipinski definition) is 6. The molecule has 0 radical (unpaired) electrons. The maximum Gasteiger partial charge on any atom is 0.112 e. The summed E-state index contributed by atoms with van der Waals surface area (Å²) < 4.78 is 0. The zero-order chi connectivity index (χ0) is 23.8. The van der Waals surface area contributed by atoms with E-state index in [4.69, 9.17) is 0 Å². The summed E-state index contributed by atoms with van der Waals surface area (Å²) in [7, 11) is 0. The Labute approximate surface area is 182 Å². The van der Waals surface area contributed by atoms with E-state index in [-0.39, 0.29) is 5.76 Å². The molecule has 4 unspecified atom stereocenters. The lowest BCUT2D eigenvalue weighted by Crippen LogP contribution is -2.70. The van der Waals surface area contributed by atoms with Crippen molar-refractivity contribution in [3.05, 3.63) is 36.1 Å². The Bertz CT molecular complexity index is 689. The molecule has 174 valence electrons. The van der Waals surface area contributed by atoms with Gasteiger partial charge in [-0.25, -0.2) is 0 Å². The van der Waals surface area contributed by atoms with Gasteiger partial charge in [0.25, 0.3) is 0 Å². The van der Waals surface area contributed by atoms with Crippen LogP contribution in [0.1, 0.15) is 69.2 Å². The van der Waals surface area contributed by atoms with E-state index >= 15 is 0 Å². The molecule has 0 fully saturated rings. The van der Waals surface area contributed by atoms with Gasteiger partial charge in [0.05, 0.1) is 12.2 Å². The van der Waals surface area contributed by atoms with Gasteiger partial charge in [0.2, 0.25) is 0 Å². The number of allylic oxidation sites excluding steroid dienone is 3. The van der Waals surface area contributed by atoms with Gasteiger partial charge < -0.3 is 25.7 Å². The van der Waals surface area contributed by atoms with Crippen molar-refractivity contribution in [1.82, 2.24) is 10.6 Å². The number of rotatable bonds is 9. The molecule has 6 heteroatoms. The molecule has 0 saturated carbocycles. The largest absolute Gasteiger partial charge is 0.508 e. The second kappa shape index (κ2) is 8.75. The minimum atomic E-state index is -0.888. The maximum absolute atomic E-state index is 11.4. The van der Waals surface area contributed by atoms with Crippen molar-refractivity contribution in [3.63, 3.8) is 0 Å². The summed E-state index contributed by atoms with van der Waals surface area (Å²) in [5.74, 6) is 0.101. The second-order valence-electron chi connectivity index (χ2n) is 11.2. The van der Waals surface area contributed by atoms with Crippen molar-refractivity contribution < 1.29 is 20.4 Å². The van der Waals surface area contributed by atoms with Gasteiger partial charge in [-0.1, -0.05) is 32.1 Å². The fourth-order valence-corrected chi connectivity index (χ4v) is 4.70. The van der Waals surface area contributed by atoms with Crippen LogP contribution in [0.25, 0.3) is 0 Å². The van der Waals surface area contributed by atoms with Gasteiger partial charge in [-0.15, -0.1) is 0 Å². The Morgan fingerprint density at radius 3 is 1.93 bits per heavy atom. The van der Waals surface area contributed by atoms with Gasteiger partial charge in [-0.3, -0.25) is 5.32 Å². The van der Waals surface area contributed by atoms with Crippen molar-refractivity contribution in [2.24, 2.45) is 10.8 Å². The summed E-state index contributed by atoms with van der Waals surface area (Å²) in [5.41, 5.74) is -3.58. The predicted molar refractivity (Wildman–Crippen MR) is 123 cm³/mol. The molecule has 6 N–H and O–H groups in total. The van der Waals surface area contributed by atoms with Crippen LogP contribution in [0.3, 0.4) is 0 Å². The third kappa shape index (κ3) is 5.74. The molecular formula is C24H44N2O4. The number of aliphatic hydroxyl groups excluding tert-OH is 4.